The topological polar surface area (TPSA) is 85.1 Å². The highest BCUT2D eigenvalue weighted by atomic mass is 16.1. The maximum Gasteiger partial charge on any atom is 0.255 e. The van der Waals surface area contributed by atoms with Gasteiger partial charge < -0.3 is 11.1 Å². The van der Waals surface area contributed by atoms with Crippen molar-refractivity contribution in [3.63, 3.8) is 0 Å². The summed E-state index contributed by atoms with van der Waals surface area (Å²) in [5.74, 6) is 0.0300. The average molecular weight is 317 g/mol. The number of nitrogens with two attached hydrogens (primary N) is 1. The molecule has 0 aliphatic carbocycles. The first kappa shape index (κ1) is 15.4. The number of nitrogens with one attached hydrogen (secondary N) is 1. The van der Waals surface area contributed by atoms with E-state index in [-0.39, 0.29) is 11.7 Å². The predicted molar refractivity (Wildman–Crippen MR) is 92.9 cm³/mol. The van der Waals surface area contributed by atoms with Gasteiger partial charge in [0.05, 0.1) is 11.9 Å². The zero-order valence-electron chi connectivity index (χ0n) is 12.8. The summed E-state index contributed by atoms with van der Waals surface area (Å²) in [7, 11) is 0. The van der Waals surface area contributed by atoms with Gasteiger partial charge in [-0.2, -0.15) is 0 Å². The van der Waals surface area contributed by atoms with Crippen molar-refractivity contribution in [1.82, 2.24) is 4.98 Å². The smallest absolute Gasteiger partial charge is 0.255 e. The minimum Gasteiger partial charge on any atom is -0.384 e. The second-order valence-electron chi connectivity index (χ2n) is 5.20. The van der Waals surface area contributed by atoms with E-state index in [4.69, 9.17) is 5.73 Å². The minimum absolute atomic E-state index is 0.0784. The molecular weight excluding hydrogens is 302 g/mol. The highest BCUT2D eigenvalue weighted by Gasteiger charge is 2.11. The average Bonchev–Trinajstić information content (AvgIpc) is 2.64. The van der Waals surface area contributed by atoms with Gasteiger partial charge in [0, 0.05) is 16.7 Å². The molecule has 0 spiro atoms. The van der Waals surface area contributed by atoms with Crippen molar-refractivity contribution in [3.05, 3.63) is 89.6 Å². The van der Waals surface area contributed by atoms with Crippen molar-refractivity contribution >= 4 is 23.2 Å². The summed E-state index contributed by atoms with van der Waals surface area (Å²) in [4.78, 5) is 28.4. The Hall–Kier alpha value is -3.47. The molecule has 0 atom stereocenters. The van der Waals surface area contributed by atoms with E-state index in [1.807, 2.05) is 18.2 Å². The highest BCUT2D eigenvalue weighted by Crippen LogP contribution is 2.13. The summed E-state index contributed by atoms with van der Waals surface area (Å²) in [6, 6.07) is 18.8. The molecule has 3 aromatic rings. The fourth-order valence-electron chi connectivity index (χ4n) is 2.21. The summed E-state index contributed by atoms with van der Waals surface area (Å²) >= 11 is 0. The van der Waals surface area contributed by atoms with E-state index in [0.717, 1.165) is 0 Å². The maximum absolute atomic E-state index is 12.3. The molecule has 1 heterocycles. The molecule has 5 nitrogen and oxygen atoms in total. The first-order valence-electron chi connectivity index (χ1n) is 7.36. The molecule has 118 valence electrons. The third-order valence-electron chi connectivity index (χ3n) is 3.49. The molecule has 0 unspecified atom stereocenters. The van der Waals surface area contributed by atoms with Gasteiger partial charge in [-0.25, -0.2) is 4.98 Å². The van der Waals surface area contributed by atoms with Gasteiger partial charge in [-0.15, -0.1) is 0 Å². The highest BCUT2D eigenvalue weighted by molar-refractivity contribution is 6.10. The van der Waals surface area contributed by atoms with E-state index >= 15 is 0 Å². The van der Waals surface area contributed by atoms with E-state index in [1.54, 1.807) is 48.5 Å². The van der Waals surface area contributed by atoms with Crippen LogP contribution in [0, 0.1) is 0 Å². The maximum atomic E-state index is 12.3. The van der Waals surface area contributed by atoms with Gasteiger partial charge in [0.2, 0.25) is 0 Å². The summed E-state index contributed by atoms with van der Waals surface area (Å²) in [5.41, 5.74) is 7.66. The van der Waals surface area contributed by atoms with Gasteiger partial charge in [0.25, 0.3) is 5.91 Å². The quantitative estimate of drug-likeness (QED) is 0.724. The van der Waals surface area contributed by atoms with E-state index in [1.165, 1.54) is 6.20 Å². The van der Waals surface area contributed by atoms with Crippen LogP contribution in [0.2, 0.25) is 0 Å². The number of aromatic nitrogens is 1. The minimum atomic E-state index is -0.278. The van der Waals surface area contributed by atoms with Crippen LogP contribution in [0.3, 0.4) is 0 Å². The standard InChI is InChI=1S/C19H15N3O2/c20-17-11-10-16(12-21-17)22-19(24)15-8-6-14(7-9-15)18(23)13-4-2-1-3-5-13/h1-12H,(H2,20,21)(H,22,24). The van der Waals surface area contributed by atoms with Crippen molar-refractivity contribution < 1.29 is 9.59 Å². The number of nitrogen functional groups attached to an aromatic ring is 1. The van der Waals surface area contributed by atoms with E-state index < -0.39 is 0 Å². The first-order chi connectivity index (χ1) is 11.6. The molecule has 0 aliphatic rings. The lowest BCUT2D eigenvalue weighted by atomic mass is 10.0. The van der Waals surface area contributed by atoms with Crippen LogP contribution in [0.25, 0.3) is 0 Å². The number of amides is 1. The second-order valence-corrected chi connectivity index (χ2v) is 5.20. The van der Waals surface area contributed by atoms with Crippen LogP contribution in [-0.4, -0.2) is 16.7 Å². The van der Waals surface area contributed by atoms with Crippen LogP contribution in [0.1, 0.15) is 26.3 Å². The lowest BCUT2D eigenvalue weighted by Gasteiger charge is -2.06. The number of ketones is 1. The van der Waals surface area contributed by atoms with Gasteiger partial charge in [-0.3, -0.25) is 9.59 Å². The number of benzene rings is 2. The molecule has 0 saturated heterocycles. The second kappa shape index (κ2) is 6.75. The molecule has 0 radical (unpaired) electrons. The zero-order chi connectivity index (χ0) is 16.9. The Bertz CT molecular complexity index is 857. The molecule has 0 fully saturated rings. The molecule has 0 saturated carbocycles. The Morgan fingerprint density at radius 1 is 0.792 bits per heavy atom. The fourth-order valence-corrected chi connectivity index (χ4v) is 2.21. The van der Waals surface area contributed by atoms with Crippen molar-refractivity contribution in [2.75, 3.05) is 11.1 Å². The van der Waals surface area contributed by atoms with Crippen LogP contribution < -0.4 is 11.1 Å². The third kappa shape index (κ3) is 3.47. The third-order valence-corrected chi connectivity index (χ3v) is 3.49. The monoisotopic (exact) mass is 317 g/mol. The first-order valence-corrected chi connectivity index (χ1v) is 7.36. The van der Waals surface area contributed by atoms with Gasteiger partial charge in [0.1, 0.15) is 5.82 Å². The normalized spacial score (nSPS) is 10.2. The molecule has 1 amide bonds. The Labute approximate surface area is 139 Å². The van der Waals surface area contributed by atoms with E-state index in [2.05, 4.69) is 10.3 Å². The number of carbonyl (C=O) groups excluding carboxylic acids is 2. The molecule has 3 rings (SSSR count). The van der Waals surface area contributed by atoms with Crippen LogP contribution in [0.5, 0.6) is 0 Å². The van der Waals surface area contributed by atoms with Crippen LogP contribution >= 0.6 is 0 Å². The predicted octanol–water partition coefficient (Wildman–Crippen LogP) is 3.15. The van der Waals surface area contributed by atoms with Crippen molar-refractivity contribution in [1.29, 1.82) is 0 Å². The molecule has 0 aliphatic heterocycles. The lowest BCUT2D eigenvalue weighted by Crippen LogP contribution is -2.12. The molecule has 2 aromatic carbocycles. The fraction of sp³-hybridized carbons (Fsp3) is 0. The Kier molecular flexibility index (Phi) is 4.34. The Balaban J connectivity index is 1.73. The molecule has 1 aromatic heterocycles. The Morgan fingerprint density at radius 2 is 1.42 bits per heavy atom. The number of hydrogen-bond acceptors (Lipinski definition) is 4. The van der Waals surface area contributed by atoms with Gasteiger partial charge in [-0.05, 0) is 24.3 Å². The number of carbonyl (C=O) groups is 2. The summed E-state index contributed by atoms with van der Waals surface area (Å²) in [6.45, 7) is 0. The number of nitrogens with zero attached hydrogens (tertiary/aromatic N) is 1. The van der Waals surface area contributed by atoms with Gasteiger partial charge in [0.15, 0.2) is 5.78 Å². The van der Waals surface area contributed by atoms with Crippen molar-refractivity contribution in [2.24, 2.45) is 0 Å². The SMILES string of the molecule is Nc1ccc(NC(=O)c2ccc(C(=O)c3ccccc3)cc2)cn1. The molecular formula is C19H15N3O2. The van der Waals surface area contributed by atoms with E-state index in [0.29, 0.717) is 28.2 Å². The molecule has 24 heavy (non-hydrogen) atoms. The van der Waals surface area contributed by atoms with E-state index in [9.17, 15) is 9.59 Å². The summed E-state index contributed by atoms with van der Waals surface area (Å²) < 4.78 is 0. The van der Waals surface area contributed by atoms with Crippen LogP contribution in [0.4, 0.5) is 11.5 Å². The lowest BCUT2D eigenvalue weighted by molar-refractivity contribution is 0.102. The number of pyridine rings is 1. The van der Waals surface area contributed by atoms with Gasteiger partial charge >= 0.3 is 0 Å². The van der Waals surface area contributed by atoms with Crippen LogP contribution in [0.15, 0.2) is 72.9 Å². The molecule has 5 heteroatoms. The Morgan fingerprint density at radius 3 is 2.04 bits per heavy atom. The molecule has 3 N–H and O–H groups in total. The summed E-state index contributed by atoms with van der Waals surface area (Å²) in [6.07, 6.45) is 1.49. The van der Waals surface area contributed by atoms with Crippen molar-refractivity contribution in [3.8, 4) is 0 Å². The van der Waals surface area contributed by atoms with Crippen molar-refractivity contribution in [2.45, 2.75) is 0 Å². The number of anilines is 2. The zero-order valence-corrected chi connectivity index (χ0v) is 12.8. The number of hydrogen-bond donors (Lipinski definition) is 2. The largest absolute Gasteiger partial charge is 0.384 e. The van der Waals surface area contributed by atoms with Gasteiger partial charge in [-0.1, -0.05) is 42.5 Å². The summed E-state index contributed by atoms with van der Waals surface area (Å²) in [5, 5.41) is 2.72. The number of rotatable bonds is 4. The molecule has 0 bridgehead atoms. The van der Waals surface area contributed by atoms with Crippen LogP contribution in [-0.2, 0) is 0 Å².